The number of amides is 1. The fraction of sp³-hybridized carbons (Fsp3) is 0.500. The maximum Gasteiger partial charge on any atom is 0.449 e. The van der Waals surface area contributed by atoms with Crippen LogP contribution >= 0.6 is 11.3 Å². The molecule has 3 aromatic rings. The van der Waals surface area contributed by atoms with E-state index in [0.717, 1.165) is 27.9 Å². The van der Waals surface area contributed by atoms with Crippen LogP contribution in [0.25, 0.3) is 10.3 Å². The number of hydrogen-bond acceptors (Lipinski definition) is 7. The fourth-order valence-corrected chi connectivity index (χ4v) is 5.91. The number of hydrogen-bond donors (Lipinski definition) is 2. The highest BCUT2D eigenvalue weighted by Crippen LogP contribution is 2.34. The van der Waals surface area contributed by atoms with E-state index >= 15 is 0 Å². The molecule has 0 saturated carbocycles. The summed E-state index contributed by atoms with van der Waals surface area (Å²) in [6, 6.07) is 9.01. The summed E-state index contributed by atoms with van der Waals surface area (Å²) < 4.78 is 42.4. The number of benzene rings is 1. The highest BCUT2D eigenvalue weighted by molar-refractivity contribution is 7.21. The third-order valence-corrected chi connectivity index (χ3v) is 7.76. The van der Waals surface area contributed by atoms with E-state index in [1.54, 1.807) is 4.90 Å². The lowest BCUT2D eigenvalue weighted by Crippen LogP contribution is -2.43. The molecule has 1 atom stereocenters. The van der Waals surface area contributed by atoms with Gasteiger partial charge in [-0.1, -0.05) is 41.7 Å². The normalized spacial score (nSPS) is 19.2. The van der Waals surface area contributed by atoms with Gasteiger partial charge < -0.3 is 15.5 Å². The zero-order valence-electron chi connectivity index (χ0n) is 19.6. The molecule has 0 bridgehead atoms. The van der Waals surface area contributed by atoms with Crippen molar-refractivity contribution in [1.29, 1.82) is 0 Å². The molecule has 36 heavy (non-hydrogen) atoms. The van der Waals surface area contributed by atoms with Gasteiger partial charge in [0.2, 0.25) is 11.7 Å². The molecule has 1 amide bonds. The summed E-state index contributed by atoms with van der Waals surface area (Å²) in [6.07, 6.45) is -2.05. The number of halogens is 3. The largest absolute Gasteiger partial charge is 0.449 e. The van der Waals surface area contributed by atoms with Crippen LogP contribution < -0.4 is 21.1 Å². The van der Waals surface area contributed by atoms with Gasteiger partial charge in [-0.15, -0.1) is 0 Å². The summed E-state index contributed by atoms with van der Waals surface area (Å²) in [5.41, 5.74) is 0.110. The predicted octanol–water partition coefficient (Wildman–Crippen LogP) is 3.16. The average Bonchev–Trinajstić information content (AvgIpc) is 3.52. The number of thiazole rings is 1. The summed E-state index contributed by atoms with van der Waals surface area (Å²) in [4.78, 5) is 36.2. The SMILES string of the molecule is O=C(NCc1ccccc1)[C@H]1CCCN1c1nc2c(=O)n(CC3CCNCC3)c(C(F)(F)F)nc2s1. The first-order valence-corrected chi connectivity index (χ1v) is 12.9. The van der Waals surface area contributed by atoms with Crippen LogP contribution in [0, 0.1) is 5.92 Å². The Morgan fingerprint density at radius 2 is 1.89 bits per heavy atom. The molecular weight excluding hydrogens is 493 g/mol. The summed E-state index contributed by atoms with van der Waals surface area (Å²) in [5, 5.41) is 6.46. The van der Waals surface area contributed by atoms with Crippen LogP contribution in [-0.2, 0) is 24.1 Å². The van der Waals surface area contributed by atoms with Crippen LogP contribution in [0.2, 0.25) is 0 Å². The number of fused-ring (bicyclic) bond motifs is 1. The van der Waals surface area contributed by atoms with E-state index in [4.69, 9.17) is 0 Å². The van der Waals surface area contributed by atoms with Crippen molar-refractivity contribution in [3.8, 4) is 0 Å². The average molecular weight is 521 g/mol. The Morgan fingerprint density at radius 3 is 2.61 bits per heavy atom. The first-order chi connectivity index (χ1) is 17.3. The number of aromatic nitrogens is 3. The van der Waals surface area contributed by atoms with Gasteiger partial charge in [0, 0.05) is 19.6 Å². The number of anilines is 1. The third-order valence-electron chi connectivity index (χ3n) is 6.77. The molecule has 2 aromatic heterocycles. The minimum atomic E-state index is -4.77. The van der Waals surface area contributed by atoms with Crippen LogP contribution in [0.5, 0.6) is 0 Å². The molecule has 192 valence electrons. The Kier molecular flexibility index (Phi) is 6.98. The summed E-state index contributed by atoms with van der Waals surface area (Å²) in [5.74, 6) is -1.41. The highest BCUT2D eigenvalue weighted by Gasteiger charge is 2.39. The molecule has 0 radical (unpaired) electrons. The van der Waals surface area contributed by atoms with Crippen LogP contribution in [0.4, 0.5) is 18.3 Å². The van der Waals surface area contributed by atoms with Crippen molar-refractivity contribution in [2.24, 2.45) is 5.92 Å². The van der Waals surface area contributed by atoms with E-state index in [0.29, 0.717) is 50.6 Å². The monoisotopic (exact) mass is 520 g/mol. The summed E-state index contributed by atoms with van der Waals surface area (Å²) in [6.45, 7) is 2.28. The number of alkyl halides is 3. The highest BCUT2D eigenvalue weighted by atomic mass is 32.1. The van der Waals surface area contributed by atoms with Gasteiger partial charge in [0.25, 0.3) is 5.56 Å². The molecule has 8 nitrogen and oxygen atoms in total. The molecule has 1 aromatic carbocycles. The third kappa shape index (κ3) is 5.10. The van der Waals surface area contributed by atoms with Gasteiger partial charge in [-0.05, 0) is 50.3 Å². The van der Waals surface area contributed by atoms with Crippen molar-refractivity contribution in [1.82, 2.24) is 25.2 Å². The quantitative estimate of drug-likeness (QED) is 0.519. The zero-order chi connectivity index (χ0) is 25.3. The Labute approximate surface area is 209 Å². The topological polar surface area (TPSA) is 92.2 Å². The van der Waals surface area contributed by atoms with Gasteiger partial charge in [0.15, 0.2) is 15.5 Å². The van der Waals surface area contributed by atoms with Gasteiger partial charge in [0.1, 0.15) is 6.04 Å². The van der Waals surface area contributed by atoms with E-state index in [-0.39, 0.29) is 28.7 Å². The fourth-order valence-electron chi connectivity index (χ4n) is 4.90. The molecule has 4 heterocycles. The smallest absolute Gasteiger partial charge is 0.350 e. The number of carbonyl (C=O) groups is 1. The number of piperidine rings is 1. The molecule has 0 unspecified atom stereocenters. The summed E-state index contributed by atoms with van der Waals surface area (Å²) >= 11 is 0.930. The number of nitrogens with zero attached hydrogens (tertiary/aromatic N) is 4. The van der Waals surface area contributed by atoms with E-state index in [9.17, 15) is 22.8 Å². The molecule has 2 aliphatic rings. The van der Waals surface area contributed by atoms with Crippen LogP contribution in [0.15, 0.2) is 35.1 Å². The number of nitrogens with one attached hydrogen (secondary N) is 2. The lowest BCUT2D eigenvalue weighted by Gasteiger charge is -2.24. The van der Waals surface area contributed by atoms with Gasteiger partial charge in [-0.3, -0.25) is 14.2 Å². The van der Waals surface area contributed by atoms with E-state index in [2.05, 4.69) is 20.6 Å². The van der Waals surface area contributed by atoms with Gasteiger partial charge in [-0.25, -0.2) is 9.97 Å². The molecule has 2 fully saturated rings. The molecule has 5 rings (SSSR count). The second-order valence-electron chi connectivity index (χ2n) is 9.25. The second kappa shape index (κ2) is 10.2. The van der Waals surface area contributed by atoms with Crippen LogP contribution in [0.3, 0.4) is 0 Å². The second-order valence-corrected chi connectivity index (χ2v) is 10.2. The minimum Gasteiger partial charge on any atom is -0.350 e. The number of rotatable bonds is 6. The zero-order valence-corrected chi connectivity index (χ0v) is 20.4. The van der Waals surface area contributed by atoms with E-state index in [1.807, 2.05) is 30.3 Å². The van der Waals surface area contributed by atoms with Crippen molar-refractivity contribution in [3.63, 3.8) is 0 Å². The van der Waals surface area contributed by atoms with Gasteiger partial charge in [0.05, 0.1) is 0 Å². The Morgan fingerprint density at radius 1 is 1.14 bits per heavy atom. The predicted molar refractivity (Wildman–Crippen MR) is 131 cm³/mol. The lowest BCUT2D eigenvalue weighted by atomic mass is 9.98. The van der Waals surface area contributed by atoms with E-state index < -0.39 is 23.6 Å². The Hall–Kier alpha value is -2.99. The molecule has 0 aliphatic carbocycles. The molecule has 12 heteroatoms. The van der Waals surface area contributed by atoms with Crippen LogP contribution in [0.1, 0.15) is 37.1 Å². The van der Waals surface area contributed by atoms with Crippen molar-refractivity contribution in [3.05, 3.63) is 52.1 Å². The van der Waals surface area contributed by atoms with Gasteiger partial charge in [-0.2, -0.15) is 13.2 Å². The molecule has 2 aliphatic heterocycles. The summed E-state index contributed by atoms with van der Waals surface area (Å²) in [7, 11) is 0. The molecular formula is C24H27F3N6O2S. The van der Waals surface area contributed by atoms with Crippen molar-refractivity contribution < 1.29 is 18.0 Å². The number of carbonyl (C=O) groups excluding carboxylic acids is 1. The van der Waals surface area contributed by atoms with Crippen molar-refractivity contribution in [2.75, 3.05) is 24.5 Å². The molecule has 0 spiro atoms. The molecule has 2 N–H and O–H groups in total. The van der Waals surface area contributed by atoms with Crippen molar-refractivity contribution >= 4 is 32.7 Å². The Bertz CT molecular complexity index is 1290. The first kappa shape index (κ1) is 24.7. The Balaban J connectivity index is 1.43. The maximum absolute atomic E-state index is 13.9. The molecule has 2 saturated heterocycles. The lowest BCUT2D eigenvalue weighted by molar-refractivity contribution is -0.148. The van der Waals surface area contributed by atoms with Gasteiger partial charge >= 0.3 is 6.18 Å². The maximum atomic E-state index is 13.9. The van der Waals surface area contributed by atoms with Crippen molar-refractivity contribution in [2.45, 2.75) is 51.0 Å². The first-order valence-electron chi connectivity index (χ1n) is 12.1. The van der Waals surface area contributed by atoms with E-state index in [1.165, 1.54) is 0 Å². The minimum absolute atomic E-state index is 0.0423. The standard InChI is InChI=1S/C24H27F3N6O2S/c25-24(26,27)22-31-20-18(21(35)33(22)14-16-8-10-28-11-9-16)30-23(36-20)32-12-4-7-17(32)19(34)29-13-15-5-2-1-3-6-15/h1-3,5-6,16-17,28H,4,7-14H2,(H,29,34)/t17-/m1/s1. The van der Waals surface area contributed by atoms with Crippen LogP contribution in [-0.4, -0.2) is 46.1 Å².